The van der Waals surface area contributed by atoms with E-state index in [1.807, 2.05) is 60.7 Å². The predicted octanol–water partition coefficient (Wildman–Crippen LogP) is 4.65. The molecule has 0 aromatic heterocycles. The highest BCUT2D eigenvalue weighted by Gasteiger charge is 2.04. The summed E-state index contributed by atoms with van der Waals surface area (Å²) in [5.74, 6) is 1.49. The molecule has 0 radical (unpaired) electrons. The monoisotopic (exact) mass is 260 g/mol. The first kappa shape index (κ1) is 13.4. The minimum atomic E-state index is 0.113. The van der Waals surface area contributed by atoms with Crippen molar-refractivity contribution in [2.24, 2.45) is 0 Å². The Hall–Kier alpha value is -3.04. The maximum absolute atomic E-state index is 8.86. The molecule has 20 heavy (non-hydrogen) atoms. The first-order valence-corrected chi connectivity index (χ1v) is 6.06. The van der Waals surface area contributed by atoms with Gasteiger partial charge in [-0.3, -0.25) is 0 Å². The maximum atomic E-state index is 8.86. The van der Waals surface area contributed by atoms with Crippen molar-refractivity contribution in [2.45, 2.75) is 6.92 Å². The van der Waals surface area contributed by atoms with E-state index in [0.29, 0.717) is 11.3 Å². The molecule has 0 bridgehead atoms. The minimum Gasteiger partial charge on any atom is -0.457 e. The Labute approximate surface area is 118 Å². The second-order valence-corrected chi connectivity index (χ2v) is 4.14. The Kier molecular flexibility index (Phi) is 4.17. The standard InChI is InChI=1S/C17H12N2O/c1-13(17(12-18)19-2)14-8-10-16(11-9-14)20-15-6-4-3-5-7-15/h3-11H,1H3/b17-13+. The zero-order valence-corrected chi connectivity index (χ0v) is 11.0. The van der Waals surface area contributed by atoms with Crippen molar-refractivity contribution in [3.8, 4) is 17.6 Å². The molecule has 0 unspecified atom stereocenters. The van der Waals surface area contributed by atoms with Gasteiger partial charge in [-0.1, -0.05) is 30.3 Å². The second kappa shape index (κ2) is 6.22. The molecule has 0 spiro atoms. The molecule has 0 aliphatic heterocycles. The Morgan fingerprint density at radius 1 is 1.05 bits per heavy atom. The van der Waals surface area contributed by atoms with Crippen LogP contribution in [0.4, 0.5) is 0 Å². The van der Waals surface area contributed by atoms with Crippen molar-refractivity contribution < 1.29 is 4.74 Å². The SMILES string of the molecule is [C-]#[N+]/C(C#N)=C(\C)c1ccc(Oc2ccccc2)cc1. The summed E-state index contributed by atoms with van der Waals surface area (Å²) < 4.78 is 5.68. The van der Waals surface area contributed by atoms with Crippen molar-refractivity contribution in [1.82, 2.24) is 0 Å². The molecule has 0 fully saturated rings. The summed E-state index contributed by atoms with van der Waals surface area (Å²) in [6.45, 7) is 8.72. The number of ether oxygens (including phenoxy) is 1. The summed E-state index contributed by atoms with van der Waals surface area (Å²) in [6, 6.07) is 18.7. The zero-order chi connectivity index (χ0) is 14.4. The number of hydrogen-bond acceptors (Lipinski definition) is 2. The molecule has 3 heteroatoms. The summed E-state index contributed by atoms with van der Waals surface area (Å²) in [5.41, 5.74) is 1.63. The first-order chi connectivity index (χ1) is 9.74. The van der Waals surface area contributed by atoms with Crippen LogP contribution in [0.2, 0.25) is 0 Å². The van der Waals surface area contributed by atoms with Crippen molar-refractivity contribution >= 4 is 5.57 Å². The Bertz CT molecular complexity index is 685. The number of para-hydroxylation sites is 1. The summed E-state index contributed by atoms with van der Waals surface area (Å²) >= 11 is 0. The highest BCUT2D eigenvalue weighted by atomic mass is 16.5. The van der Waals surface area contributed by atoms with Gasteiger partial charge in [-0.25, -0.2) is 10.1 Å². The third kappa shape index (κ3) is 3.04. The van der Waals surface area contributed by atoms with Crippen LogP contribution in [0.25, 0.3) is 10.4 Å². The van der Waals surface area contributed by atoms with Crippen LogP contribution in [0.5, 0.6) is 11.5 Å². The molecule has 96 valence electrons. The van der Waals surface area contributed by atoms with Gasteiger partial charge >= 0.3 is 0 Å². The van der Waals surface area contributed by atoms with Gasteiger partial charge in [0.15, 0.2) is 0 Å². The van der Waals surface area contributed by atoms with Gasteiger partial charge in [-0.15, -0.1) is 0 Å². The smallest absolute Gasteiger partial charge is 0.265 e. The van der Waals surface area contributed by atoms with Gasteiger partial charge in [0.25, 0.3) is 5.70 Å². The van der Waals surface area contributed by atoms with Crippen LogP contribution < -0.4 is 4.74 Å². The number of allylic oxidation sites excluding steroid dienone is 2. The molecular weight excluding hydrogens is 248 g/mol. The van der Waals surface area contributed by atoms with Gasteiger partial charge in [0.2, 0.25) is 0 Å². The average molecular weight is 260 g/mol. The fourth-order valence-corrected chi connectivity index (χ4v) is 1.73. The fourth-order valence-electron chi connectivity index (χ4n) is 1.73. The third-order valence-electron chi connectivity index (χ3n) is 2.84. The van der Waals surface area contributed by atoms with E-state index < -0.39 is 0 Å². The molecule has 0 saturated carbocycles. The number of nitriles is 1. The number of hydrogen-bond donors (Lipinski definition) is 0. The van der Waals surface area contributed by atoms with Gasteiger partial charge < -0.3 is 4.74 Å². The van der Waals surface area contributed by atoms with Crippen molar-refractivity contribution in [3.63, 3.8) is 0 Å². The molecule has 2 aromatic rings. The summed E-state index contributed by atoms with van der Waals surface area (Å²) in [5, 5.41) is 8.86. The Balaban J connectivity index is 2.22. The average Bonchev–Trinajstić information content (AvgIpc) is 2.50. The molecule has 0 saturated heterocycles. The van der Waals surface area contributed by atoms with Crippen molar-refractivity contribution in [2.75, 3.05) is 0 Å². The number of nitrogens with zero attached hydrogens (tertiary/aromatic N) is 2. The zero-order valence-electron chi connectivity index (χ0n) is 11.0. The van der Waals surface area contributed by atoms with Crippen LogP contribution in [0.3, 0.4) is 0 Å². The third-order valence-corrected chi connectivity index (χ3v) is 2.84. The van der Waals surface area contributed by atoms with E-state index in [1.54, 1.807) is 6.92 Å². The molecule has 2 rings (SSSR count). The largest absolute Gasteiger partial charge is 0.457 e. The summed E-state index contributed by atoms with van der Waals surface area (Å²) in [6.07, 6.45) is 0. The Morgan fingerprint density at radius 2 is 1.65 bits per heavy atom. The lowest BCUT2D eigenvalue weighted by Gasteiger charge is -2.07. The van der Waals surface area contributed by atoms with Crippen molar-refractivity contribution in [1.29, 1.82) is 5.26 Å². The van der Waals surface area contributed by atoms with E-state index in [9.17, 15) is 0 Å². The van der Waals surface area contributed by atoms with Gasteiger partial charge in [0, 0.05) is 0 Å². The highest BCUT2D eigenvalue weighted by molar-refractivity contribution is 5.71. The molecule has 0 amide bonds. The first-order valence-electron chi connectivity index (χ1n) is 6.06. The quantitative estimate of drug-likeness (QED) is 0.595. The van der Waals surface area contributed by atoms with Crippen LogP contribution >= 0.6 is 0 Å². The van der Waals surface area contributed by atoms with E-state index in [2.05, 4.69) is 4.85 Å². The molecule has 0 atom stereocenters. The van der Waals surface area contributed by atoms with E-state index in [4.69, 9.17) is 16.6 Å². The lowest BCUT2D eigenvalue weighted by molar-refractivity contribution is 0.482. The number of rotatable bonds is 3. The van der Waals surface area contributed by atoms with Crippen LogP contribution in [0.15, 0.2) is 60.3 Å². The summed E-state index contributed by atoms with van der Waals surface area (Å²) in [7, 11) is 0. The topological polar surface area (TPSA) is 37.4 Å². The highest BCUT2D eigenvalue weighted by Crippen LogP contribution is 2.25. The van der Waals surface area contributed by atoms with Crippen LogP contribution in [0.1, 0.15) is 12.5 Å². The van der Waals surface area contributed by atoms with Crippen LogP contribution in [0, 0.1) is 17.9 Å². The van der Waals surface area contributed by atoms with E-state index >= 15 is 0 Å². The van der Waals surface area contributed by atoms with Gasteiger partial charge in [-0.2, -0.15) is 0 Å². The van der Waals surface area contributed by atoms with E-state index in [1.165, 1.54) is 0 Å². The van der Waals surface area contributed by atoms with Gasteiger partial charge in [0.1, 0.15) is 11.5 Å². The van der Waals surface area contributed by atoms with Gasteiger partial charge in [0.05, 0.1) is 12.6 Å². The van der Waals surface area contributed by atoms with Crippen LogP contribution in [-0.4, -0.2) is 0 Å². The molecular formula is C17H12N2O. The molecule has 3 nitrogen and oxygen atoms in total. The molecule has 0 aliphatic rings. The Morgan fingerprint density at radius 3 is 2.20 bits per heavy atom. The maximum Gasteiger partial charge on any atom is 0.265 e. The molecule has 0 N–H and O–H groups in total. The molecule has 0 heterocycles. The minimum absolute atomic E-state index is 0.113. The molecule has 2 aromatic carbocycles. The summed E-state index contributed by atoms with van der Waals surface area (Å²) in [4.78, 5) is 3.21. The van der Waals surface area contributed by atoms with Crippen LogP contribution in [-0.2, 0) is 0 Å². The van der Waals surface area contributed by atoms with E-state index in [0.717, 1.165) is 11.3 Å². The number of benzene rings is 2. The second-order valence-electron chi connectivity index (χ2n) is 4.14. The molecule has 0 aliphatic carbocycles. The van der Waals surface area contributed by atoms with Gasteiger partial charge in [-0.05, 0) is 42.3 Å². The predicted molar refractivity (Wildman–Crippen MR) is 77.8 cm³/mol. The fraction of sp³-hybridized carbons (Fsp3) is 0.0588. The van der Waals surface area contributed by atoms with Crippen molar-refractivity contribution in [3.05, 3.63) is 77.3 Å². The normalized spacial score (nSPS) is 10.9. The van der Waals surface area contributed by atoms with E-state index in [-0.39, 0.29) is 5.70 Å². The lowest BCUT2D eigenvalue weighted by Crippen LogP contribution is -1.86. The lowest BCUT2D eigenvalue weighted by atomic mass is 10.1.